The number of aryl methyl sites for hydroxylation is 1. The highest BCUT2D eigenvalue weighted by Gasteiger charge is 1.93. The first-order chi connectivity index (χ1) is 5.33. The van der Waals surface area contributed by atoms with Gasteiger partial charge in [-0.2, -0.15) is 5.10 Å². The number of aromatic nitrogens is 2. The lowest BCUT2D eigenvalue weighted by molar-refractivity contribution is 0.327. The van der Waals surface area contributed by atoms with E-state index in [1.54, 1.807) is 17.1 Å². The number of rotatable bonds is 3. The van der Waals surface area contributed by atoms with Gasteiger partial charge in [-0.25, -0.2) is 0 Å². The summed E-state index contributed by atoms with van der Waals surface area (Å²) in [6, 6.07) is 0. The van der Waals surface area contributed by atoms with Crippen molar-refractivity contribution in [3.05, 3.63) is 12.4 Å². The molecule has 0 radical (unpaired) electrons. The van der Waals surface area contributed by atoms with Crippen LogP contribution in [-0.4, -0.2) is 16.4 Å². The van der Waals surface area contributed by atoms with Crippen LogP contribution in [-0.2, 0) is 7.05 Å². The summed E-state index contributed by atoms with van der Waals surface area (Å²) in [5.41, 5.74) is 0. The van der Waals surface area contributed by atoms with Crippen molar-refractivity contribution in [1.82, 2.24) is 9.78 Å². The van der Waals surface area contributed by atoms with Crippen LogP contribution >= 0.6 is 0 Å². The van der Waals surface area contributed by atoms with Gasteiger partial charge in [0.05, 0.1) is 19.0 Å². The van der Waals surface area contributed by atoms with Crippen LogP contribution in [0.2, 0.25) is 0 Å². The number of hydrogen-bond acceptors (Lipinski definition) is 2. The molecule has 0 aliphatic rings. The van der Waals surface area contributed by atoms with Gasteiger partial charge in [-0.1, -0.05) is 0 Å². The van der Waals surface area contributed by atoms with Crippen LogP contribution in [0.5, 0.6) is 5.75 Å². The van der Waals surface area contributed by atoms with Crippen molar-refractivity contribution >= 4 is 0 Å². The van der Waals surface area contributed by atoms with Gasteiger partial charge in [0.2, 0.25) is 0 Å². The normalized spacial score (nSPS) is 9.09. The van der Waals surface area contributed by atoms with Crippen molar-refractivity contribution in [2.45, 2.75) is 6.42 Å². The van der Waals surface area contributed by atoms with Crippen molar-refractivity contribution < 1.29 is 4.74 Å². The predicted octanol–water partition coefficient (Wildman–Crippen LogP) is 0.822. The van der Waals surface area contributed by atoms with Gasteiger partial charge in [-0.05, 0) is 0 Å². The first-order valence-corrected chi connectivity index (χ1v) is 3.38. The van der Waals surface area contributed by atoms with E-state index in [0.29, 0.717) is 13.0 Å². The summed E-state index contributed by atoms with van der Waals surface area (Å²) in [6.45, 7) is 0.558. The zero-order valence-electron chi connectivity index (χ0n) is 6.45. The molecule has 0 aliphatic heterocycles. The summed E-state index contributed by atoms with van der Waals surface area (Å²) in [4.78, 5) is 0. The molecule has 0 saturated carbocycles. The molecule has 58 valence electrons. The molecule has 0 amide bonds. The van der Waals surface area contributed by atoms with Crippen molar-refractivity contribution in [2.24, 2.45) is 7.05 Å². The van der Waals surface area contributed by atoms with Crippen molar-refractivity contribution in [3.8, 4) is 18.1 Å². The first-order valence-electron chi connectivity index (χ1n) is 3.38. The van der Waals surface area contributed by atoms with Gasteiger partial charge >= 0.3 is 0 Å². The molecular formula is C8H10N2O. The third-order valence-electron chi connectivity index (χ3n) is 1.20. The van der Waals surface area contributed by atoms with E-state index in [9.17, 15) is 0 Å². The minimum Gasteiger partial charge on any atom is -0.489 e. The summed E-state index contributed by atoms with van der Waals surface area (Å²) in [6.07, 6.45) is 9.15. The molecule has 3 heteroatoms. The van der Waals surface area contributed by atoms with Crippen LogP contribution in [0.4, 0.5) is 0 Å². The Morgan fingerprint density at radius 3 is 3.18 bits per heavy atom. The number of ether oxygens (including phenoxy) is 1. The second-order valence-corrected chi connectivity index (χ2v) is 2.15. The van der Waals surface area contributed by atoms with Gasteiger partial charge in [0.1, 0.15) is 0 Å². The highest BCUT2D eigenvalue weighted by atomic mass is 16.5. The monoisotopic (exact) mass is 150 g/mol. The third-order valence-corrected chi connectivity index (χ3v) is 1.20. The van der Waals surface area contributed by atoms with Gasteiger partial charge in [0, 0.05) is 13.5 Å². The molecule has 0 spiro atoms. The van der Waals surface area contributed by atoms with Crippen molar-refractivity contribution in [2.75, 3.05) is 6.61 Å². The summed E-state index contributed by atoms with van der Waals surface area (Å²) in [5.74, 6) is 3.26. The maximum Gasteiger partial charge on any atom is 0.157 e. The summed E-state index contributed by atoms with van der Waals surface area (Å²) in [7, 11) is 1.84. The van der Waals surface area contributed by atoms with E-state index in [4.69, 9.17) is 11.2 Å². The highest BCUT2D eigenvalue weighted by molar-refractivity contribution is 5.11. The molecule has 0 atom stereocenters. The quantitative estimate of drug-likeness (QED) is 0.471. The van der Waals surface area contributed by atoms with Gasteiger partial charge in [-0.3, -0.25) is 4.68 Å². The minimum atomic E-state index is 0.558. The Hall–Kier alpha value is -1.43. The summed E-state index contributed by atoms with van der Waals surface area (Å²) < 4.78 is 6.93. The molecule has 1 heterocycles. The fourth-order valence-corrected chi connectivity index (χ4v) is 0.701. The predicted molar refractivity (Wildman–Crippen MR) is 42.2 cm³/mol. The standard InChI is InChI=1S/C8H10N2O/c1-3-4-5-11-8-6-9-10(2)7-8/h1,6-7H,4-5H2,2H3. The van der Waals surface area contributed by atoms with E-state index in [1.807, 2.05) is 7.05 Å². The third kappa shape index (κ3) is 2.34. The van der Waals surface area contributed by atoms with Gasteiger partial charge in [0.25, 0.3) is 0 Å². The first kappa shape index (κ1) is 7.67. The summed E-state index contributed by atoms with van der Waals surface area (Å²) in [5, 5.41) is 3.94. The van der Waals surface area contributed by atoms with Gasteiger partial charge in [0.15, 0.2) is 5.75 Å². The molecule has 0 fully saturated rings. The van der Waals surface area contributed by atoms with Gasteiger partial charge in [-0.15, -0.1) is 12.3 Å². The molecule has 0 N–H and O–H groups in total. The fraction of sp³-hybridized carbons (Fsp3) is 0.375. The number of nitrogens with zero attached hydrogens (tertiary/aromatic N) is 2. The SMILES string of the molecule is C#CCCOc1cnn(C)c1. The number of terminal acetylenes is 1. The lowest BCUT2D eigenvalue weighted by Crippen LogP contribution is -1.94. The molecule has 0 bridgehead atoms. The molecule has 11 heavy (non-hydrogen) atoms. The lowest BCUT2D eigenvalue weighted by Gasteiger charge is -1.97. The fourth-order valence-electron chi connectivity index (χ4n) is 0.701. The van der Waals surface area contributed by atoms with Crippen LogP contribution in [0.15, 0.2) is 12.4 Å². The second-order valence-electron chi connectivity index (χ2n) is 2.15. The van der Waals surface area contributed by atoms with Gasteiger partial charge < -0.3 is 4.74 Å². The largest absolute Gasteiger partial charge is 0.489 e. The van der Waals surface area contributed by atoms with E-state index in [-0.39, 0.29) is 0 Å². The molecular weight excluding hydrogens is 140 g/mol. The number of hydrogen-bond donors (Lipinski definition) is 0. The molecule has 1 aromatic rings. The topological polar surface area (TPSA) is 27.1 Å². The van der Waals surface area contributed by atoms with E-state index in [1.165, 1.54) is 0 Å². The minimum absolute atomic E-state index is 0.558. The zero-order valence-corrected chi connectivity index (χ0v) is 6.45. The van der Waals surface area contributed by atoms with Crippen LogP contribution < -0.4 is 4.74 Å². The Labute approximate surface area is 66.0 Å². The molecule has 1 aromatic heterocycles. The molecule has 0 saturated heterocycles. The highest BCUT2D eigenvalue weighted by Crippen LogP contribution is 2.06. The van der Waals surface area contributed by atoms with E-state index >= 15 is 0 Å². The average molecular weight is 150 g/mol. The van der Waals surface area contributed by atoms with Crippen molar-refractivity contribution in [1.29, 1.82) is 0 Å². The molecule has 0 aromatic carbocycles. The van der Waals surface area contributed by atoms with E-state index in [2.05, 4.69) is 11.0 Å². The van der Waals surface area contributed by atoms with Crippen LogP contribution in [0, 0.1) is 12.3 Å². The van der Waals surface area contributed by atoms with E-state index in [0.717, 1.165) is 5.75 Å². The lowest BCUT2D eigenvalue weighted by atomic mass is 10.5. The Kier molecular flexibility index (Phi) is 2.56. The summed E-state index contributed by atoms with van der Waals surface area (Å²) >= 11 is 0. The zero-order chi connectivity index (χ0) is 8.10. The molecule has 0 unspecified atom stereocenters. The maximum atomic E-state index is 5.24. The average Bonchev–Trinajstić information content (AvgIpc) is 2.37. The Balaban J connectivity index is 2.34. The molecule has 1 rings (SSSR count). The molecule has 3 nitrogen and oxygen atoms in total. The van der Waals surface area contributed by atoms with E-state index < -0.39 is 0 Å². The van der Waals surface area contributed by atoms with Crippen LogP contribution in [0.25, 0.3) is 0 Å². The smallest absolute Gasteiger partial charge is 0.157 e. The maximum absolute atomic E-state index is 5.24. The Morgan fingerprint density at radius 2 is 2.64 bits per heavy atom. The van der Waals surface area contributed by atoms with Crippen molar-refractivity contribution in [3.63, 3.8) is 0 Å². The van der Waals surface area contributed by atoms with Crippen LogP contribution in [0.1, 0.15) is 6.42 Å². The molecule has 0 aliphatic carbocycles. The Morgan fingerprint density at radius 1 is 1.82 bits per heavy atom. The van der Waals surface area contributed by atoms with Crippen LogP contribution in [0.3, 0.4) is 0 Å². The second kappa shape index (κ2) is 3.67. The Bertz CT molecular complexity index is 259.